The highest BCUT2D eigenvalue weighted by Crippen LogP contribution is 2.24. The van der Waals surface area contributed by atoms with Crippen molar-refractivity contribution >= 4 is 22.7 Å². The maximum Gasteiger partial charge on any atom is 0.258 e. The van der Waals surface area contributed by atoms with E-state index in [1.807, 2.05) is 54.1 Å². The number of hydrogen-bond acceptors (Lipinski definition) is 5. The normalized spacial score (nSPS) is 11.4. The van der Waals surface area contributed by atoms with Gasteiger partial charge in [-0.2, -0.15) is 0 Å². The maximum atomic E-state index is 12.4. The fraction of sp³-hybridized carbons (Fsp3) is 0.238. The zero-order valence-electron chi connectivity index (χ0n) is 16.0. The number of thioether (sulfide) groups is 1. The number of benzene rings is 2. The van der Waals surface area contributed by atoms with E-state index in [4.69, 9.17) is 4.98 Å². The van der Waals surface area contributed by atoms with Crippen molar-refractivity contribution in [2.24, 2.45) is 0 Å². The Kier molecular flexibility index (Phi) is 5.00. The summed E-state index contributed by atoms with van der Waals surface area (Å²) >= 11 is 1.47. The third-order valence-electron chi connectivity index (χ3n) is 4.45. The van der Waals surface area contributed by atoms with Crippen molar-refractivity contribution in [1.82, 2.24) is 24.7 Å². The van der Waals surface area contributed by atoms with E-state index in [1.54, 1.807) is 6.07 Å². The van der Waals surface area contributed by atoms with Gasteiger partial charge in [0.1, 0.15) is 11.6 Å². The second kappa shape index (κ2) is 7.59. The molecule has 0 radical (unpaired) electrons. The van der Waals surface area contributed by atoms with E-state index >= 15 is 0 Å². The predicted molar refractivity (Wildman–Crippen MR) is 112 cm³/mol. The fourth-order valence-electron chi connectivity index (χ4n) is 3.05. The molecule has 2 aromatic carbocycles. The number of nitrogens with one attached hydrogen (secondary N) is 1. The predicted octanol–water partition coefficient (Wildman–Crippen LogP) is 4.23. The summed E-state index contributed by atoms with van der Waals surface area (Å²) in [5, 5.41) is 5.95. The minimum Gasteiger partial charge on any atom is -0.309 e. The molecule has 2 aromatic heterocycles. The zero-order valence-corrected chi connectivity index (χ0v) is 16.8. The van der Waals surface area contributed by atoms with Gasteiger partial charge in [-0.1, -0.05) is 55.9 Å². The highest BCUT2D eigenvalue weighted by Gasteiger charge is 2.15. The van der Waals surface area contributed by atoms with Gasteiger partial charge in [-0.3, -0.25) is 4.79 Å². The summed E-state index contributed by atoms with van der Waals surface area (Å²) in [5.74, 6) is 2.27. The molecule has 0 fully saturated rings. The molecule has 28 heavy (non-hydrogen) atoms. The third-order valence-corrected chi connectivity index (χ3v) is 5.30. The Morgan fingerprint density at radius 2 is 1.86 bits per heavy atom. The number of H-pyrrole nitrogens is 1. The van der Waals surface area contributed by atoms with Crippen molar-refractivity contribution in [1.29, 1.82) is 0 Å². The molecule has 7 heteroatoms. The van der Waals surface area contributed by atoms with Gasteiger partial charge < -0.3 is 4.98 Å². The number of fused-ring (bicyclic) bond motifs is 1. The van der Waals surface area contributed by atoms with Crippen molar-refractivity contribution < 1.29 is 0 Å². The van der Waals surface area contributed by atoms with Crippen LogP contribution < -0.4 is 5.56 Å². The number of nitrogens with zero attached hydrogens (tertiary/aromatic N) is 4. The molecule has 0 saturated carbocycles. The molecule has 0 aliphatic carbocycles. The van der Waals surface area contributed by atoms with Gasteiger partial charge in [-0.15, -0.1) is 5.10 Å². The average Bonchev–Trinajstić information content (AvgIpc) is 3.13. The number of aromatic nitrogens is 5. The average molecular weight is 392 g/mol. The molecule has 142 valence electrons. The van der Waals surface area contributed by atoms with E-state index in [0.717, 1.165) is 22.6 Å². The minimum atomic E-state index is -0.116. The topological polar surface area (TPSA) is 76.5 Å². The van der Waals surface area contributed by atoms with Crippen molar-refractivity contribution in [2.75, 3.05) is 0 Å². The number of aryl methyl sites for hydroxylation is 1. The third kappa shape index (κ3) is 3.57. The first kappa shape index (κ1) is 18.4. The van der Waals surface area contributed by atoms with Gasteiger partial charge in [-0.05, 0) is 30.7 Å². The minimum absolute atomic E-state index is 0.116. The lowest BCUT2D eigenvalue weighted by Crippen LogP contribution is -2.11. The SMILES string of the molecule is Cc1cccc2c(=O)[nH]c(CSc3nc(C(C)C)n(-c4ccccc4)n3)nc12. The number of aromatic amines is 1. The van der Waals surface area contributed by atoms with Gasteiger partial charge in [0, 0.05) is 5.92 Å². The lowest BCUT2D eigenvalue weighted by Gasteiger charge is -2.07. The quantitative estimate of drug-likeness (QED) is 0.515. The Bertz CT molecular complexity index is 1180. The summed E-state index contributed by atoms with van der Waals surface area (Å²) in [6.07, 6.45) is 0. The molecule has 4 rings (SSSR count). The molecule has 0 saturated heterocycles. The molecule has 0 bridgehead atoms. The molecule has 0 amide bonds. The first-order valence-electron chi connectivity index (χ1n) is 9.16. The van der Waals surface area contributed by atoms with Gasteiger partial charge >= 0.3 is 0 Å². The van der Waals surface area contributed by atoms with Gasteiger partial charge in [0.25, 0.3) is 5.56 Å². The van der Waals surface area contributed by atoms with Crippen molar-refractivity contribution in [2.45, 2.75) is 37.6 Å². The summed E-state index contributed by atoms with van der Waals surface area (Å²) in [4.78, 5) is 24.6. The monoisotopic (exact) mass is 391 g/mol. The first-order valence-corrected chi connectivity index (χ1v) is 10.1. The molecular weight excluding hydrogens is 370 g/mol. The maximum absolute atomic E-state index is 12.4. The highest BCUT2D eigenvalue weighted by atomic mass is 32.2. The largest absolute Gasteiger partial charge is 0.309 e. The van der Waals surface area contributed by atoms with Crippen LogP contribution in [-0.4, -0.2) is 24.7 Å². The van der Waals surface area contributed by atoms with Gasteiger partial charge in [0.15, 0.2) is 0 Å². The fourth-order valence-corrected chi connectivity index (χ4v) is 3.75. The molecule has 0 aliphatic rings. The molecule has 0 unspecified atom stereocenters. The first-order chi connectivity index (χ1) is 13.5. The Hall–Kier alpha value is -2.93. The van der Waals surface area contributed by atoms with Crippen LogP contribution in [0.25, 0.3) is 16.6 Å². The lowest BCUT2D eigenvalue weighted by molar-refractivity contribution is 0.712. The molecule has 2 heterocycles. The second-order valence-corrected chi connectivity index (χ2v) is 7.87. The smallest absolute Gasteiger partial charge is 0.258 e. The van der Waals surface area contributed by atoms with E-state index < -0.39 is 0 Å². The summed E-state index contributed by atoms with van der Waals surface area (Å²) in [6.45, 7) is 6.16. The molecular formula is C21H21N5OS. The van der Waals surface area contributed by atoms with Gasteiger partial charge in [0.2, 0.25) is 5.16 Å². The van der Waals surface area contributed by atoms with Crippen LogP contribution in [0.1, 0.15) is 37.0 Å². The van der Waals surface area contributed by atoms with Crippen molar-refractivity contribution in [3.63, 3.8) is 0 Å². The van der Waals surface area contributed by atoms with Crippen LogP contribution in [0.2, 0.25) is 0 Å². The van der Waals surface area contributed by atoms with E-state index in [2.05, 4.69) is 28.9 Å². The van der Waals surface area contributed by atoms with Crippen LogP contribution in [0.5, 0.6) is 0 Å². The van der Waals surface area contributed by atoms with Crippen molar-refractivity contribution in [3.8, 4) is 5.69 Å². The Morgan fingerprint density at radius 1 is 1.07 bits per heavy atom. The standard InChI is InChI=1S/C21H21N5OS/c1-13(2)19-24-21(25-26(19)15-9-5-4-6-10-15)28-12-17-22-18-14(3)8-7-11-16(18)20(27)23-17/h4-11,13H,12H2,1-3H3,(H,22,23,27). The summed E-state index contributed by atoms with van der Waals surface area (Å²) < 4.78 is 1.88. The van der Waals surface area contributed by atoms with Crippen LogP contribution in [-0.2, 0) is 5.75 Å². The van der Waals surface area contributed by atoms with Crippen LogP contribution >= 0.6 is 11.8 Å². The van der Waals surface area contributed by atoms with E-state index in [9.17, 15) is 4.79 Å². The van der Waals surface area contributed by atoms with Gasteiger partial charge in [0.05, 0.1) is 22.3 Å². The molecule has 0 aliphatic heterocycles. The molecule has 1 N–H and O–H groups in total. The van der Waals surface area contributed by atoms with Crippen LogP contribution in [0.3, 0.4) is 0 Å². The number of rotatable bonds is 5. The molecule has 4 aromatic rings. The zero-order chi connectivity index (χ0) is 19.7. The number of para-hydroxylation sites is 2. The van der Waals surface area contributed by atoms with Crippen LogP contribution in [0, 0.1) is 6.92 Å². The summed E-state index contributed by atoms with van der Waals surface area (Å²) in [6, 6.07) is 15.6. The summed E-state index contributed by atoms with van der Waals surface area (Å²) in [5.41, 5.74) is 2.60. The second-order valence-electron chi connectivity index (χ2n) is 6.93. The Labute approximate surface area is 167 Å². The molecule has 6 nitrogen and oxygen atoms in total. The molecule has 0 spiro atoms. The van der Waals surface area contributed by atoms with Crippen LogP contribution in [0.4, 0.5) is 0 Å². The van der Waals surface area contributed by atoms with Gasteiger partial charge in [-0.25, -0.2) is 14.6 Å². The lowest BCUT2D eigenvalue weighted by atomic mass is 10.1. The van der Waals surface area contributed by atoms with E-state index in [1.165, 1.54) is 11.8 Å². The number of hydrogen-bond donors (Lipinski definition) is 1. The van der Waals surface area contributed by atoms with Crippen LogP contribution in [0.15, 0.2) is 58.5 Å². The van der Waals surface area contributed by atoms with Crippen molar-refractivity contribution in [3.05, 3.63) is 76.1 Å². The Balaban J connectivity index is 1.63. The Morgan fingerprint density at radius 3 is 2.61 bits per heavy atom. The van der Waals surface area contributed by atoms with E-state index in [-0.39, 0.29) is 11.5 Å². The summed E-state index contributed by atoms with van der Waals surface area (Å²) in [7, 11) is 0. The highest BCUT2D eigenvalue weighted by molar-refractivity contribution is 7.98. The molecule has 0 atom stereocenters. The van der Waals surface area contributed by atoms with E-state index in [0.29, 0.717) is 22.1 Å².